The van der Waals surface area contributed by atoms with Gasteiger partial charge in [-0.15, -0.1) is 0 Å². The molecule has 2 rings (SSSR count). The average molecular weight is 262 g/mol. The molecule has 1 aromatic rings. The van der Waals surface area contributed by atoms with Crippen molar-refractivity contribution < 1.29 is 9.53 Å². The molecule has 0 spiro atoms. The molecule has 1 heterocycles. The molecule has 0 saturated carbocycles. The quantitative estimate of drug-likeness (QED) is 0.875. The first-order chi connectivity index (χ1) is 9.11. The van der Waals surface area contributed by atoms with Crippen molar-refractivity contribution in [3.8, 4) is 0 Å². The number of amides is 1. The predicted octanol–water partition coefficient (Wildman–Crippen LogP) is 2.33. The normalized spacial score (nSPS) is 24.2. The van der Waals surface area contributed by atoms with Crippen LogP contribution in [-0.4, -0.2) is 25.7 Å². The van der Waals surface area contributed by atoms with Gasteiger partial charge in [0.05, 0.1) is 0 Å². The molecular formula is C15H22N2O2. The van der Waals surface area contributed by atoms with E-state index in [4.69, 9.17) is 4.74 Å². The first kappa shape index (κ1) is 14.0. The molecule has 0 aromatic heterocycles. The molecule has 19 heavy (non-hydrogen) atoms. The molecule has 1 amide bonds. The van der Waals surface area contributed by atoms with E-state index in [1.165, 1.54) is 0 Å². The Kier molecular flexibility index (Phi) is 4.56. The Morgan fingerprint density at radius 2 is 2.26 bits per heavy atom. The number of rotatable bonds is 4. The molecule has 1 fully saturated rings. The van der Waals surface area contributed by atoms with Crippen LogP contribution in [0.5, 0.6) is 0 Å². The third kappa shape index (κ3) is 3.33. The Balaban J connectivity index is 2.04. The molecule has 0 bridgehead atoms. The van der Waals surface area contributed by atoms with E-state index < -0.39 is 0 Å². The summed E-state index contributed by atoms with van der Waals surface area (Å²) in [6.45, 7) is 4.82. The van der Waals surface area contributed by atoms with Crippen LogP contribution in [0.2, 0.25) is 0 Å². The molecule has 3 unspecified atom stereocenters. The predicted molar refractivity (Wildman–Crippen MR) is 76.1 cm³/mol. The maximum atomic E-state index is 12.1. The summed E-state index contributed by atoms with van der Waals surface area (Å²) in [4.78, 5) is 12.1. The number of anilines is 1. The minimum atomic E-state index is -0.314. The van der Waals surface area contributed by atoms with Crippen molar-refractivity contribution in [2.45, 2.75) is 32.4 Å². The monoisotopic (exact) mass is 262 g/mol. The van der Waals surface area contributed by atoms with E-state index in [-0.39, 0.29) is 18.1 Å². The molecule has 4 nitrogen and oxygen atoms in total. The summed E-state index contributed by atoms with van der Waals surface area (Å²) in [5.41, 5.74) is 1.98. The van der Waals surface area contributed by atoms with Crippen LogP contribution in [0.4, 0.5) is 5.69 Å². The van der Waals surface area contributed by atoms with Gasteiger partial charge in [0.2, 0.25) is 0 Å². The Morgan fingerprint density at radius 1 is 1.47 bits per heavy atom. The number of benzene rings is 1. The molecule has 1 aromatic carbocycles. The van der Waals surface area contributed by atoms with Crippen LogP contribution in [0.25, 0.3) is 0 Å². The van der Waals surface area contributed by atoms with Crippen molar-refractivity contribution in [1.82, 2.24) is 5.32 Å². The molecule has 4 heteroatoms. The number of hydrogen-bond donors (Lipinski definition) is 2. The third-order valence-corrected chi connectivity index (χ3v) is 3.73. The second-order valence-electron chi connectivity index (χ2n) is 5.18. The summed E-state index contributed by atoms with van der Waals surface area (Å²) in [6, 6.07) is 8.17. The van der Waals surface area contributed by atoms with Gasteiger partial charge < -0.3 is 15.4 Å². The van der Waals surface area contributed by atoms with Crippen molar-refractivity contribution >= 4 is 11.6 Å². The molecule has 0 aliphatic carbocycles. The first-order valence-electron chi connectivity index (χ1n) is 6.81. The molecule has 2 N–H and O–H groups in total. The first-order valence-corrected chi connectivity index (χ1v) is 6.81. The highest BCUT2D eigenvalue weighted by Crippen LogP contribution is 2.22. The minimum absolute atomic E-state index is 0.0424. The lowest BCUT2D eigenvalue weighted by Crippen LogP contribution is -2.31. The summed E-state index contributed by atoms with van der Waals surface area (Å²) in [5, 5.41) is 6.13. The fourth-order valence-electron chi connectivity index (χ4n) is 2.30. The number of nitrogens with one attached hydrogen (secondary N) is 2. The fraction of sp³-hybridized carbons (Fsp3) is 0.533. The van der Waals surface area contributed by atoms with Crippen molar-refractivity contribution in [3.63, 3.8) is 0 Å². The zero-order chi connectivity index (χ0) is 13.8. The Labute approximate surface area is 114 Å². The topological polar surface area (TPSA) is 50.4 Å². The summed E-state index contributed by atoms with van der Waals surface area (Å²) in [5.74, 6) is 0.249. The maximum absolute atomic E-state index is 12.1. The van der Waals surface area contributed by atoms with E-state index in [9.17, 15) is 4.79 Å². The van der Waals surface area contributed by atoms with Gasteiger partial charge >= 0.3 is 0 Å². The van der Waals surface area contributed by atoms with Gasteiger partial charge in [-0.05, 0) is 44.0 Å². The lowest BCUT2D eigenvalue weighted by Gasteiger charge is -2.16. The second kappa shape index (κ2) is 6.17. The Bertz CT molecular complexity index is 448. The van der Waals surface area contributed by atoms with Crippen LogP contribution in [0, 0.1) is 5.92 Å². The molecular weight excluding hydrogens is 240 g/mol. The van der Waals surface area contributed by atoms with Crippen molar-refractivity contribution in [2.75, 3.05) is 19.0 Å². The lowest BCUT2D eigenvalue weighted by atomic mass is 10.0. The number of carbonyl (C=O) groups is 1. The van der Waals surface area contributed by atoms with Crippen LogP contribution >= 0.6 is 0 Å². The van der Waals surface area contributed by atoms with E-state index in [0.29, 0.717) is 12.5 Å². The van der Waals surface area contributed by atoms with Crippen molar-refractivity contribution in [3.05, 3.63) is 29.8 Å². The maximum Gasteiger partial charge on any atom is 0.253 e. The minimum Gasteiger partial charge on any atom is -0.368 e. The van der Waals surface area contributed by atoms with Crippen molar-refractivity contribution in [2.24, 2.45) is 5.92 Å². The van der Waals surface area contributed by atoms with Crippen molar-refractivity contribution in [1.29, 1.82) is 0 Å². The smallest absolute Gasteiger partial charge is 0.253 e. The molecule has 1 aliphatic rings. The molecule has 104 valence electrons. The fourth-order valence-corrected chi connectivity index (χ4v) is 2.30. The zero-order valence-corrected chi connectivity index (χ0v) is 11.8. The number of carbonyl (C=O) groups excluding carboxylic acids is 1. The summed E-state index contributed by atoms with van der Waals surface area (Å²) >= 11 is 0. The van der Waals surface area contributed by atoms with E-state index in [1.807, 2.05) is 31.3 Å². The largest absolute Gasteiger partial charge is 0.368 e. The van der Waals surface area contributed by atoms with Gasteiger partial charge in [-0.3, -0.25) is 4.79 Å². The van der Waals surface area contributed by atoms with Gasteiger partial charge in [-0.25, -0.2) is 0 Å². The lowest BCUT2D eigenvalue weighted by molar-refractivity contribution is -0.126. The standard InChI is InChI=1S/C15H22N2O2/c1-10-7-8-19-14(10)15(18)17-13-6-4-5-12(9-13)11(2)16-3/h4-6,9-11,14,16H,7-8H2,1-3H3,(H,17,18). The van der Waals surface area contributed by atoms with Gasteiger partial charge in [0.1, 0.15) is 6.10 Å². The van der Waals surface area contributed by atoms with Gasteiger partial charge in [0.25, 0.3) is 5.91 Å². The van der Waals surface area contributed by atoms with E-state index in [2.05, 4.69) is 24.5 Å². The third-order valence-electron chi connectivity index (χ3n) is 3.73. The average Bonchev–Trinajstić information content (AvgIpc) is 2.84. The molecule has 0 radical (unpaired) electrons. The summed E-state index contributed by atoms with van der Waals surface area (Å²) in [6.07, 6.45) is 0.639. The van der Waals surface area contributed by atoms with Crippen LogP contribution in [0.1, 0.15) is 31.9 Å². The molecule has 1 saturated heterocycles. The van der Waals surface area contributed by atoms with Crippen LogP contribution in [0.15, 0.2) is 24.3 Å². The molecule has 3 atom stereocenters. The van der Waals surface area contributed by atoms with E-state index in [1.54, 1.807) is 0 Å². The van der Waals surface area contributed by atoms with Crippen LogP contribution in [0.3, 0.4) is 0 Å². The highest BCUT2D eigenvalue weighted by molar-refractivity contribution is 5.94. The van der Waals surface area contributed by atoms with Crippen LogP contribution < -0.4 is 10.6 Å². The molecule has 1 aliphatic heterocycles. The summed E-state index contributed by atoms with van der Waals surface area (Å²) in [7, 11) is 1.92. The van der Waals surface area contributed by atoms with Gasteiger partial charge in [0, 0.05) is 18.3 Å². The highest BCUT2D eigenvalue weighted by Gasteiger charge is 2.30. The Hall–Kier alpha value is -1.39. The van der Waals surface area contributed by atoms with Gasteiger partial charge in [0.15, 0.2) is 0 Å². The number of ether oxygens (including phenoxy) is 1. The Morgan fingerprint density at radius 3 is 2.89 bits per heavy atom. The van der Waals surface area contributed by atoms with E-state index >= 15 is 0 Å². The van der Waals surface area contributed by atoms with E-state index in [0.717, 1.165) is 17.7 Å². The van der Waals surface area contributed by atoms with Gasteiger partial charge in [-0.2, -0.15) is 0 Å². The summed E-state index contributed by atoms with van der Waals surface area (Å²) < 4.78 is 5.47. The number of hydrogen-bond acceptors (Lipinski definition) is 3. The highest BCUT2D eigenvalue weighted by atomic mass is 16.5. The zero-order valence-electron chi connectivity index (χ0n) is 11.8. The second-order valence-corrected chi connectivity index (χ2v) is 5.18. The van der Waals surface area contributed by atoms with Crippen LogP contribution in [-0.2, 0) is 9.53 Å². The SMILES string of the molecule is CNC(C)c1cccc(NC(=O)C2OCCC2C)c1. The van der Waals surface area contributed by atoms with Gasteiger partial charge in [-0.1, -0.05) is 19.1 Å².